The molecule has 0 aliphatic heterocycles. The molecule has 0 spiro atoms. The molecule has 0 aliphatic carbocycles. The fourth-order valence-corrected chi connectivity index (χ4v) is 0.782. The number of nitrogens with one attached hydrogen (secondary N) is 1. The maximum atomic E-state index is 10.9. The van der Waals surface area contributed by atoms with E-state index in [-0.39, 0.29) is 5.91 Å². The number of rotatable bonds is 7. The highest BCUT2D eigenvalue weighted by Crippen LogP contribution is 1.84. The molecule has 0 rings (SSSR count). The Morgan fingerprint density at radius 1 is 1.50 bits per heavy atom. The van der Waals surface area contributed by atoms with Crippen LogP contribution in [0, 0.1) is 0 Å². The largest absolute Gasteiger partial charge is 0.374 e. The second-order valence-electron chi connectivity index (χ2n) is 2.57. The molecule has 0 saturated carbocycles. The van der Waals surface area contributed by atoms with Crippen molar-refractivity contribution in [2.75, 3.05) is 26.3 Å². The average Bonchev–Trinajstić information content (AvgIpc) is 2.05. The Kier molecular flexibility index (Phi) is 8.05. The SMILES string of the molecule is CCCC(=O)NCCOCC[NH3+]. The lowest BCUT2D eigenvalue weighted by molar-refractivity contribution is -0.374. The van der Waals surface area contributed by atoms with E-state index in [0.717, 1.165) is 13.0 Å². The van der Waals surface area contributed by atoms with Gasteiger partial charge in [-0.1, -0.05) is 6.92 Å². The fourth-order valence-electron chi connectivity index (χ4n) is 0.782. The molecule has 1 amide bonds. The van der Waals surface area contributed by atoms with Crippen LogP contribution in [0.2, 0.25) is 0 Å². The molecule has 0 aromatic carbocycles. The van der Waals surface area contributed by atoms with Gasteiger partial charge in [-0.25, -0.2) is 0 Å². The van der Waals surface area contributed by atoms with Crippen molar-refractivity contribution in [3.8, 4) is 0 Å². The molecule has 72 valence electrons. The van der Waals surface area contributed by atoms with Crippen LogP contribution in [0.15, 0.2) is 0 Å². The van der Waals surface area contributed by atoms with Crippen LogP contribution in [0.5, 0.6) is 0 Å². The van der Waals surface area contributed by atoms with E-state index in [9.17, 15) is 4.79 Å². The molecule has 12 heavy (non-hydrogen) atoms. The molecule has 0 heterocycles. The molecule has 0 fully saturated rings. The van der Waals surface area contributed by atoms with E-state index in [4.69, 9.17) is 4.74 Å². The topological polar surface area (TPSA) is 66.0 Å². The maximum Gasteiger partial charge on any atom is 0.220 e. The lowest BCUT2D eigenvalue weighted by Gasteiger charge is -2.03. The predicted molar refractivity (Wildman–Crippen MR) is 46.5 cm³/mol. The van der Waals surface area contributed by atoms with Crippen LogP contribution in [-0.2, 0) is 9.53 Å². The first-order valence-electron chi connectivity index (χ1n) is 4.45. The van der Waals surface area contributed by atoms with Crippen molar-refractivity contribution in [2.45, 2.75) is 19.8 Å². The van der Waals surface area contributed by atoms with Crippen LogP contribution >= 0.6 is 0 Å². The molecule has 0 bridgehead atoms. The summed E-state index contributed by atoms with van der Waals surface area (Å²) in [6.07, 6.45) is 1.50. The van der Waals surface area contributed by atoms with Crippen molar-refractivity contribution in [1.29, 1.82) is 0 Å². The highest BCUT2D eigenvalue weighted by molar-refractivity contribution is 5.75. The fraction of sp³-hybridized carbons (Fsp3) is 0.875. The van der Waals surface area contributed by atoms with Gasteiger partial charge in [-0.15, -0.1) is 0 Å². The maximum absolute atomic E-state index is 10.9. The minimum absolute atomic E-state index is 0.107. The van der Waals surface area contributed by atoms with Gasteiger partial charge in [0.05, 0.1) is 19.8 Å². The predicted octanol–water partition coefficient (Wildman–Crippen LogP) is -0.839. The molecular formula is C8H19N2O2+. The normalized spacial score (nSPS) is 9.83. The molecule has 0 atom stereocenters. The van der Waals surface area contributed by atoms with Gasteiger partial charge < -0.3 is 15.8 Å². The first-order valence-corrected chi connectivity index (χ1v) is 4.45. The zero-order chi connectivity index (χ0) is 9.23. The molecule has 0 aromatic rings. The van der Waals surface area contributed by atoms with Crippen molar-refractivity contribution in [3.05, 3.63) is 0 Å². The van der Waals surface area contributed by atoms with Crippen LogP contribution in [-0.4, -0.2) is 32.2 Å². The quantitative estimate of drug-likeness (QED) is 0.495. The van der Waals surface area contributed by atoms with Crippen LogP contribution in [0.1, 0.15) is 19.8 Å². The molecule has 4 heteroatoms. The Hall–Kier alpha value is -0.610. The van der Waals surface area contributed by atoms with E-state index in [2.05, 4.69) is 11.1 Å². The Morgan fingerprint density at radius 3 is 2.83 bits per heavy atom. The second-order valence-corrected chi connectivity index (χ2v) is 2.57. The Morgan fingerprint density at radius 2 is 2.25 bits per heavy atom. The zero-order valence-corrected chi connectivity index (χ0v) is 7.77. The molecular weight excluding hydrogens is 156 g/mol. The van der Waals surface area contributed by atoms with Gasteiger partial charge >= 0.3 is 0 Å². The van der Waals surface area contributed by atoms with Crippen molar-refractivity contribution in [1.82, 2.24) is 5.32 Å². The lowest BCUT2D eigenvalue weighted by Crippen LogP contribution is -2.52. The molecule has 0 aromatic heterocycles. The minimum Gasteiger partial charge on any atom is -0.374 e. The van der Waals surface area contributed by atoms with Crippen LogP contribution < -0.4 is 11.1 Å². The summed E-state index contributed by atoms with van der Waals surface area (Å²) in [5.41, 5.74) is 3.64. The van der Waals surface area contributed by atoms with Gasteiger partial charge in [0.1, 0.15) is 0 Å². The smallest absolute Gasteiger partial charge is 0.220 e. The number of hydrogen-bond acceptors (Lipinski definition) is 2. The van der Waals surface area contributed by atoms with Crippen molar-refractivity contribution in [2.24, 2.45) is 0 Å². The number of carbonyl (C=O) groups excluding carboxylic acids is 1. The van der Waals surface area contributed by atoms with E-state index < -0.39 is 0 Å². The minimum atomic E-state index is 0.107. The third-order valence-electron chi connectivity index (χ3n) is 1.33. The van der Waals surface area contributed by atoms with E-state index in [1.54, 1.807) is 0 Å². The Bertz CT molecular complexity index is 118. The lowest BCUT2D eigenvalue weighted by atomic mass is 10.3. The monoisotopic (exact) mass is 175 g/mol. The third-order valence-corrected chi connectivity index (χ3v) is 1.33. The number of ether oxygens (including phenoxy) is 1. The zero-order valence-electron chi connectivity index (χ0n) is 7.77. The van der Waals surface area contributed by atoms with E-state index >= 15 is 0 Å². The van der Waals surface area contributed by atoms with Crippen molar-refractivity contribution in [3.63, 3.8) is 0 Å². The number of carbonyl (C=O) groups is 1. The van der Waals surface area contributed by atoms with E-state index in [0.29, 0.717) is 26.2 Å². The van der Waals surface area contributed by atoms with Gasteiger partial charge in [-0.3, -0.25) is 4.79 Å². The van der Waals surface area contributed by atoms with Crippen molar-refractivity contribution >= 4 is 5.91 Å². The second kappa shape index (κ2) is 8.49. The van der Waals surface area contributed by atoms with Gasteiger partial charge in [-0.2, -0.15) is 0 Å². The molecule has 0 saturated heterocycles. The summed E-state index contributed by atoms with van der Waals surface area (Å²) in [5, 5.41) is 2.76. The van der Waals surface area contributed by atoms with Gasteiger partial charge in [0.15, 0.2) is 0 Å². The van der Waals surface area contributed by atoms with Gasteiger partial charge in [0.25, 0.3) is 0 Å². The van der Waals surface area contributed by atoms with Crippen LogP contribution in [0.25, 0.3) is 0 Å². The number of quaternary nitrogens is 1. The van der Waals surface area contributed by atoms with Gasteiger partial charge in [-0.05, 0) is 6.42 Å². The van der Waals surface area contributed by atoms with Crippen LogP contribution in [0.4, 0.5) is 0 Å². The first-order chi connectivity index (χ1) is 5.81. The summed E-state index contributed by atoms with van der Waals surface area (Å²) >= 11 is 0. The third kappa shape index (κ3) is 7.50. The Balaban J connectivity index is 3.03. The summed E-state index contributed by atoms with van der Waals surface area (Å²) in [5.74, 6) is 0.107. The molecule has 0 aliphatic rings. The number of amides is 1. The van der Waals surface area contributed by atoms with Gasteiger partial charge in [0.2, 0.25) is 5.91 Å². The highest BCUT2D eigenvalue weighted by Gasteiger charge is 1.96. The van der Waals surface area contributed by atoms with E-state index in [1.165, 1.54) is 0 Å². The van der Waals surface area contributed by atoms with Crippen LogP contribution in [0.3, 0.4) is 0 Å². The molecule has 0 unspecified atom stereocenters. The molecule has 4 nitrogen and oxygen atoms in total. The molecule has 4 N–H and O–H groups in total. The van der Waals surface area contributed by atoms with Gasteiger partial charge in [0, 0.05) is 13.0 Å². The summed E-state index contributed by atoms with van der Waals surface area (Å²) in [6, 6.07) is 0. The standard InChI is InChI=1S/C8H18N2O2/c1-2-3-8(11)10-5-7-12-6-4-9/h2-7,9H2,1H3,(H,10,11)/p+1. The Labute approximate surface area is 73.5 Å². The average molecular weight is 175 g/mol. The highest BCUT2D eigenvalue weighted by atomic mass is 16.5. The summed E-state index contributed by atoms with van der Waals surface area (Å²) in [4.78, 5) is 10.9. The summed E-state index contributed by atoms with van der Waals surface area (Å²) < 4.78 is 5.13. The van der Waals surface area contributed by atoms with Crippen molar-refractivity contribution < 1.29 is 15.3 Å². The van der Waals surface area contributed by atoms with E-state index in [1.807, 2.05) is 6.92 Å². The number of hydrogen-bond donors (Lipinski definition) is 2. The molecule has 0 radical (unpaired) electrons. The summed E-state index contributed by atoms with van der Waals surface area (Å²) in [7, 11) is 0. The first kappa shape index (κ1) is 11.4. The summed E-state index contributed by atoms with van der Waals surface area (Å²) in [6.45, 7) is 4.63.